The first-order valence-electron chi connectivity index (χ1n) is 7.50. The van der Waals surface area contributed by atoms with E-state index >= 15 is 0 Å². The van der Waals surface area contributed by atoms with Gasteiger partial charge in [-0.1, -0.05) is 32.4 Å². The van der Waals surface area contributed by atoms with Crippen molar-refractivity contribution in [3.8, 4) is 5.75 Å². The van der Waals surface area contributed by atoms with Crippen LogP contribution in [0.2, 0.25) is 0 Å². The summed E-state index contributed by atoms with van der Waals surface area (Å²) < 4.78 is 40.2. The Kier molecular flexibility index (Phi) is 7.06. The Morgan fingerprint density at radius 3 is 2.29 bits per heavy atom. The monoisotopic (exact) mass is 347 g/mol. The molecule has 1 amide bonds. The molecule has 0 saturated carbocycles. The molecule has 0 fully saturated rings. The Morgan fingerprint density at radius 1 is 1.25 bits per heavy atom. The summed E-state index contributed by atoms with van der Waals surface area (Å²) in [6.45, 7) is 3.66. The topological polar surface area (TPSA) is 75.6 Å². The van der Waals surface area contributed by atoms with Gasteiger partial charge < -0.3 is 15.2 Å². The van der Waals surface area contributed by atoms with Crippen LogP contribution < -0.4 is 10.1 Å². The van der Waals surface area contributed by atoms with Gasteiger partial charge in [0.15, 0.2) is 0 Å². The molecule has 2 unspecified atom stereocenters. The number of rotatable bonds is 8. The number of carboxylic acids is 1. The molecule has 5 nitrogen and oxygen atoms in total. The zero-order chi connectivity index (χ0) is 18.3. The lowest BCUT2D eigenvalue weighted by molar-refractivity contribution is -0.274. The van der Waals surface area contributed by atoms with Crippen LogP contribution in [0.3, 0.4) is 0 Å². The largest absolute Gasteiger partial charge is 0.573 e. The van der Waals surface area contributed by atoms with Crippen LogP contribution in [0.25, 0.3) is 0 Å². The Labute approximate surface area is 137 Å². The maximum absolute atomic E-state index is 12.1. The third-order valence-electron chi connectivity index (χ3n) is 3.38. The molecule has 24 heavy (non-hydrogen) atoms. The molecular weight excluding hydrogens is 327 g/mol. The molecule has 0 radical (unpaired) electrons. The highest BCUT2D eigenvalue weighted by molar-refractivity contribution is 5.79. The van der Waals surface area contributed by atoms with Crippen molar-refractivity contribution < 1.29 is 32.6 Å². The van der Waals surface area contributed by atoms with Crippen molar-refractivity contribution in [3.63, 3.8) is 0 Å². The van der Waals surface area contributed by atoms with Gasteiger partial charge in [-0.3, -0.25) is 9.59 Å². The van der Waals surface area contributed by atoms with Gasteiger partial charge in [-0.05, 0) is 24.1 Å². The number of carbonyl (C=O) groups is 2. The highest BCUT2D eigenvalue weighted by atomic mass is 19.4. The summed E-state index contributed by atoms with van der Waals surface area (Å²) in [5.74, 6) is -2.11. The van der Waals surface area contributed by atoms with Crippen LogP contribution in [0.1, 0.15) is 44.7 Å². The van der Waals surface area contributed by atoms with E-state index in [0.29, 0.717) is 12.0 Å². The minimum absolute atomic E-state index is 0.279. The van der Waals surface area contributed by atoms with Crippen molar-refractivity contribution in [2.45, 2.75) is 45.5 Å². The molecule has 0 spiro atoms. The molecule has 1 aromatic carbocycles. The Morgan fingerprint density at radius 2 is 1.83 bits per heavy atom. The number of amides is 1. The number of carboxylic acid groups (broad SMARTS) is 1. The molecule has 8 heteroatoms. The molecule has 0 heterocycles. The van der Waals surface area contributed by atoms with Crippen LogP contribution in [0.5, 0.6) is 5.75 Å². The molecule has 0 aliphatic rings. The van der Waals surface area contributed by atoms with Gasteiger partial charge in [0.1, 0.15) is 5.75 Å². The van der Waals surface area contributed by atoms with E-state index in [1.54, 1.807) is 6.92 Å². The minimum atomic E-state index is -4.80. The van der Waals surface area contributed by atoms with Crippen molar-refractivity contribution >= 4 is 11.9 Å². The fraction of sp³-hybridized carbons (Fsp3) is 0.500. The van der Waals surface area contributed by atoms with Crippen LogP contribution in [-0.2, 0) is 9.59 Å². The van der Waals surface area contributed by atoms with E-state index in [4.69, 9.17) is 5.11 Å². The second-order valence-corrected chi connectivity index (χ2v) is 5.47. The number of hydrogen-bond donors (Lipinski definition) is 2. The predicted octanol–water partition coefficient (Wildman–Crippen LogP) is 3.65. The number of ether oxygens (including phenoxy) is 1. The van der Waals surface area contributed by atoms with Crippen molar-refractivity contribution in [3.05, 3.63) is 29.8 Å². The molecule has 0 aliphatic carbocycles. The summed E-state index contributed by atoms with van der Waals surface area (Å²) >= 11 is 0. The molecule has 0 bridgehead atoms. The first kappa shape index (κ1) is 19.8. The molecule has 1 rings (SSSR count). The van der Waals surface area contributed by atoms with E-state index in [-0.39, 0.29) is 18.2 Å². The summed E-state index contributed by atoms with van der Waals surface area (Å²) in [6.07, 6.45) is -3.71. The number of nitrogens with one attached hydrogen (secondary N) is 1. The lowest BCUT2D eigenvalue weighted by Gasteiger charge is -2.20. The van der Waals surface area contributed by atoms with E-state index in [9.17, 15) is 22.8 Å². The summed E-state index contributed by atoms with van der Waals surface area (Å²) in [7, 11) is 0. The Hall–Kier alpha value is -2.25. The number of aliphatic carboxylic acids is 1. The summed E-state index contributed by atoms with van der Waals surface area (Å²) in [6, 6.07) is 3.95. The smallest absolute Gasteiger partial charge is 0.481 e. The van der Waals surface area contributed by atoms with Crippen LogP contribution in [0.15, 0.2) is 24.3 Å². The third-order valence-corrected chi connectivity index (χ3v) is 3.38. The number of alkyl halides is 3. The summed E-state index contributed by atoms with van der Waals surface area (Å²) in [5, 5.41) is 11.6. The summed E-state index contributed by atoms with van der Waals surface area (Å²) in [5.41, 5.74) is 0.393. The molecule has 0 saturated heterocycles. The minimum Gasteiger partial charge on any atom is -0.481 e. The average Bonchev–Trinajstić information content (AvgIpc) is 2.45. The lowest BCUT2D eigenvalue weighted by Crippen LogP contribution is -2.34. The van der Waals surface area contributed by atoms with E-state index < -0.39 is 24.1 Å². The van der Waals surface area contributed by atoms with Gasteiger partial charge in [0, 0.05) is 5.92 Å². The molecule has 0 aliphatic heterocycles. The molecule has 2 N–H and O–H groups in total. The van der Waals surface area contributed by atoms with Crippen LogP contribution in [-0.4, -0.2) is 23.3 Å². The van der Waals surface area contributed by atoms with Crippen LogP contribution in [0.4, 0.5) is 13.2 Å². The zero-order valence-corrected chi connectivity index (χ0v) is 13.4. The fourth-order valence-electron chi connectivity index (χ4n) is 2.21. The van der Waals surface area contributed by atoms with Gasteiger partial charge in [-0.2, -0.15) is 0 Å². The van der Waals surface area contributed by atoms with Gasteiger partial charge in [-0.25, -0.2) is 0 Å². The molecule has 134 valence electrons. The van der Waals surface area contributed by atoms with Crippen molar-refractivity contribution in [1.82, 2.24) is 5.32 Å². The number of benzene rings is 1. The van der Waals surface area contributed by atoms with Gasteiger partial charge in [0.2, 0.25) is 5.91 Å². The third kappa shape index (κ3) is 6.89. The highest BCUT2D eigenvalue weighted by Crippen LogP contribution is 2.25. The second kappa shape index (κ2) is 8.56. The maximum atomic E-state index is 12.1. The first-order valence-corrected chi connectivity index (χ1v) is 7.50. The Balaban J connectivity index is 2.88. The van der Waals surface area contributed by atoms with E-state index in [1.165, 1.54) is 12.1 Å². The van der Waals surface area contributed by atoms with E-state index in [2.05, 4.69) is 10.1 Å². The fourth-order valence-corrected chi connectivity index (χ4v) is 2.21. The predicted molar refractivity (Wildman–Crippen MR) is 80.3 cm³/mol. The highest BCUT2D eigenvalue weighted by Gasteiger charge is 2.31. The van der Waals surface area contributed by atoms with Crippen LogP contribution >= 0.6 is 0 Å². The van der Waals surface area contributed by atoms with Crippen molar-refractivity contribution in [2.75, 3.05) is 0 Å². The lowest BCUT2D eigenvalue weighted by atomic mass is 10.0. The normalized spacial score (nSPS) is 13.9. The Bertz CT molecular complexity index is 557. The van der Waals surface area contributed by atoms with Crippen molar-refractivity contribution in [1.29, 1.82) is 0 Å². The van der Waals surface area contributed by atoms with Gasteiger partial charge >= 0.3 is 12.3 Å². The van der Waals surface area contributed by atoms with E-state index in [1.807, 2.05) is 6.92 Å². The molecule has 2 atom stereocenters. The van der Waals surface area contributed by atoms with E-state index in [0.717, 1.165) is 18.6 Å². The number of carbonyl (C=O) groups excluding carboxylic acids is 1. The maximum Gasteiger partial charge on any atom is 0.573 e. The number of halogens is 3. The zero-order valence-electron chi connectivity index (χ0n) is 13.4. The van der Waals surface area contributed by atoms with Gasteiger partial charge in [0.25, 0.3) is 0 Å². The first-order chi connectivity index (χ1) is 11.1. The summed E-state index contributed by atoms with van der Waals surface area (Å²) in [4.78, 5) is 23.1. The van der Waals surface area contributed by atoms with Gasteiger partial charge in [0.05, 0.1) is 12.5 Å². The van der Waals surface area contributed by atoms with Crippen LogP contribution in [0, 0.1) is 5.92 Å². The molecular formula is C16H20F3NO4. The average molecular weight is 347 g/mol. The second-order valence-electron chi connectivity index (χ2n) is 5.47. The SMILES string of the molecule is CCCC(C)C(=O)NC(CC(=O)O)c1ccc(OC(F)(F)F)cc1. The number of hydrogen-bond acceptors (Lipinski definition) is 3. The van der Waals surface area contributed by atoms with Gasteiger partial charge in [-0.15, -0.1) is 13.2 Å². The molecule has 1 aromatic rings. The van der Waals surface area contributed by atoms with Crippen molar-refractivity contribution in [2.24, 2.45) is 5.92 Å². The standard InChI is InChI=1S/C16H20F3NO4/c1-3-4-10(2)15(23)20-13(9-14(21)22)11-5-7-12(8-6-11)24-16(17,18)19/h5-8,10,13H,3-4,9H2,1-2H3,(H,20,23)(H,21,22). The molecule has 0 aromatic heterocycles. The quantitative estimate of drug-likeness (QED) is 0.753.